The number of pyridine rings is 1. The Morgan fingerprint density at radius 3 is 2.44 bits per heavy atom. The van der Waals surface area contributed by atoms with Gasteiger partial charge in [0.05, 0.1) is 17.7 Å². The van der Waals surface area contributed by atoms with E-state index in [0.717, 1.165) is 31.7 Å². The van der Waals surface area contributed by atoms with E-state index >= 15 is 0 Å². The number of nitrogens with one attached hydrogen (secondary N) is 2. The molecule has 0 aliphatic heterocycles. The first kappa shape index (κ1) is 31.2. The summed E-state index contributed by atoms with van der Waals surface area (Å²) in [5.41, 5.74) is 4.54. The van der Waals surface area contributed by atoms with E-state index in [1.807, 2.05) is 0 Å². The van der Waals surface area contributed by atoms with Gasteiger partial charge < -0.3 is 15.7 Å². The third kappa shape index (κ3) is 9.04. The summed E-state index contributed by atoms with van der Waals surface area (Å²) in [6, 6.07) is 12.4. The molecular formula is C32H35F2N3O2. The highest BCUT2D eigenvalue weighted by Gasteiger charge is 2.26. The summed E-state index contributed by atoms with van der Waals surface area (Å²) in [4.78, 5) is 16.8. The molecule has 0 saturated carbocycles. The summed E-state index contributed by atoms with van der Waals surface area (Å²) in [7, 11) is 0. The Morgan fingerprint density at radius 2 is 1.79 bits per heavy atom. The summed E-state index contributed by atoms with van der Waals surface area (Å²) in [6.45, 7) is 2.35. The van der Waals surface area contributed by atoms with Crippen LogP contribution in [0.3, 0.4) is 0 Å². The minimum absolute atomic E-state index is 0.0742. The number of aliphatic hydroxyl groups excluding tert-OH is 1. The molecule has 3 aromatic rings. The van der Waals surface area contributed by atoms with Gasteiger partial charge in [0.2, 0.25) is 0 Å². The van der Waals surface area contributed by atoms with Gasteiger partial charge in [0.1, 0.15) is 11.6 Å². The molecule has 0 saturated heterocycles. The number of aliphatic hydroxyl groups is 1. The summed E-state index contributed by atoms with van der Waals surface area (Å²) in [5, 5.41) is 17.4. The van der Waals surface area contributed by atoms with E-state index in [1.165, 1.54) is 35.0 Å². The van der Waals surface area contributed by atoms with Gasteiger partial charge in [0, 0.05) is 31.0 Å². The number of halogens is 2. The summed E-state index contributed by atoms with van der Waals surface area (Å²) in [6.07, 6.45) is 22.1. The lowest BCUT2D eigenvalue weighted by atomic mass is 9.86. The Morgan fingerprint density at radius 1 is 1.08 bits per heavy atom. The topological polar surface area (TPSA) is 74.2 Å². The lowest BCUT2D eigenvalue weighted by Crippen LogP contribution is -2.49. The number of benzene rings is 2. The van der Waals surface area contributed by atoms with Gasteiger partial charge in [-0.25, -0.2) is 8.78 Å². The number of hydrogen-bond acceptors (Lipinski definition) is 4. The number of carbonyl (C=O) groups is 1. The predicted octanol–water partition coefficient (Wildman–Crippen LogP) is 4.79. The zero-order chi connectivity index (χ0) is 28.8. The van der Waals surface area contributed by atoms with E-state index < -0.39 is 29.7 Å². The molecule has 3 atom stereocenters. The van der Waals surface area contributed by atoms with E-state index in [1.54, 1.807) is 18.3 Å². The highest BCUT2D eigenvalue weighted by Crippen LogP contribution is 2.30. The molecule has 7 heteroatoms. The van der Waals surface area contributed by atoms with E-state index in [0.29, 0.717) is 11.1 Å². The van der Waals surface area contributed by atoms with Gasteiger partial charge in [-0.3, -0.25) is 9.78 Å². The smallest absolute Gasteiger partial charge is 0.253 e. The maximum absolute atomic E-state index is 13.8. The molecule has 4 rings (SSSR count). The predicted molar refractivity (Wildman–Crippen MR) is 151 cm³/mol. The molecule has 2 aromatic carbocycles. The second kappa shape index (κ2) is 16.0. The monoisotopic (exact) mass is 531 g/mol. The lowest BCUT2D eigenvalue weighted by Gasteiger charge is -2.30. The number of aryl methyl sites for hydroxylation is 2. The summed E-state index contributed by atoms with van der Waals surface area (Å²) in [5.74, 6) is -1.80. The summed E-state index contributed by atoms with van der Waals surface area (Å²) >= 11 is 0. The van der Waals surface area contributed by atoms with Crippen molar-refractivity contribution in [2.45, 2.75) is 57.2 Å². The van der Waals surface area contributed by atoms with Crippen molar-refractivity contribution in [3.05, 3.63) is 100 Å². The molecule has 1 amide bonds. The van der Waals surface area contributed by atoms with Crippen LogP contribution in [0, 0.1) is 37.3 Å². The lowest BCUT2D eigenvalue weighted by molar-refractivity contribution is 0.0822. The molecule has 0 fully saturated rings. The average molecular weight is 532 g/mol. The highest BCUT2D eigenvalue weighted by molar-refractivity contribution is 5.94. The third-order valence-electron chi connectivity index (χ3n) is 6.59. The quantitative estimate of drug-likeness (QED) is 0.347. The number of amides is 1. The number of nitrogens with zero attached hydrogens (tertiary/aromatic N) is 1. The first-order valence-electron chi connectivity index (χ1n) is 12.8. The van der Waals surface area contributed by atoms with Crippen molar-refractivity contribution >= 4 is 5.91 Å². The second-order valence-corrected chi connectivity index (χ2v) is 9.11. The van der Waals surface area contributed by atoms with Crippen LogP contribution in [-0.2, 0) is 19.3 Å². The first-order chi connectivity index (χ1) is 18.9. The molecule has 0 unspecified atom stereocenters. The van der Waals surface area contributed by atoms with Gasteiger partial charge in [-0.15, -0.1) is 25.7 Å². The molecule has 0 spiro atoms. The Balaban J connectivity index is 0.00000127. The average Bonchev–Trinajstić information content (AvgIpc) is 2.97. The van der Waals surface area contributed by atoms with E-state index in [-0.39, 0.29) is 19.0 Å². The van der Waals surface area contributed by atoms with Crippen LogP contribution in [0.4, 0.5) is 8.78 Å². The van der Waals surface area contributed by atoms with Gasteiger partial charge >= 0.3 is 0 Å². The minimum Gasteiger partial charge on any atom is -0.390 e. The number of hydrogen-bond donors (Lipinski definition) is 3. The van der Waals surface area contributed by atoms with Crippen molar-refractivity contribution in [1.29, 1.82) is 0 Å². The van der Waals surface area contributed by atoms with Gasteiger partial charge in [-0.1, -0.05) is 25.1 Å². The fourth-order valence-corrected chi connectivity index (χ4v) is 4.70. The Kier molecular flexibility index (Phi) is 12.8. The van der Waals surface area contributed by atoms with Crippen molar-refractivity contribution in [3.63, 3.8) is 0 Å². The maximum Gasteiger partial charge on any atom is 0.253 e. The zero-order valence-corrected chi connectivity index (χ0v) is 22.1. The molecule has 0 radical (unpaired) electrons. The number of aromatic nitrogens is 1. The highest BCUT2D eigenvalue weighted by atomic mass is 19.1. The van der Waals surface area contributed by atoms with E-state index in [2.05, 4.69) is 66.4 Å². The standard InChI is InChI=1S/C28H31F2N3O2.2C2H2/c1-2-18-8-9-20-5-3-7-25(24(20)13-18)32-17-27(34)26(14-19-11-22(29)15-23(30)12-19)33-28(35)21-6-4-10-31-16-21;2*1-2/h4,6,8-13,15-16,25-27,32,34H,2-3,5,7,14,17H2,1H3,(H,33,35);2*1-2H/t25-,26-,27+;;/m0../s1. The number of terminal acetylenes is 2. The number of fused-ring (bicyclic) bond motifs is 1. The second-order valence-electron chi connectivity index (χ2n) is 9.11. The van der Waals surface area contributed by atoms with Crippen molar-refractivity contribution in [2.75, 3.05) is 6.54 Å². The Hall–Kier alpha value is -4.04. The first-order valence-corrected chi connectivity index (χ1v) is 12.8. The third-order valence-corrected chi connectivity index (χ3v) is 6.59. The Labute approximate surface area is 230 Å². The van der Waals surface area contributed by atoms with Crippen LogP contribution in [0.1, 0.15) is 58.4 Å². The molecule has 1 aromatic heterocycles. The largest absolute Gasteiger partial charge is 0.390 e. The summed E-state index contributed by atoms with van der Waals surface area (Å²) < 4.78 is 27.6. The van der Waals surface area contributed by atoms with Crippen LogP contribution in [0.2, 0.25) is 0 Å². The van der Waals surface area contributed by atoms with Crippen molar-refractivity contribution < 1.29 is 18.7 Å². The molecular weight excluding hydrogens is 496 g/mol. The normalized spacial score (nSPS) is 15.2. The fourth-order valence-electron chi connectivity index (χ4n) is 4.70. The molecule has 204 valence electrons. The molecule has 3 N–H and O–H groups in total. The van der Waals surface area contributed by atoms with Crippen LogP contribution in [0.25, 0.3) is 0 Å². The Bertz CT molecular complexity index is 1220. The van der Waals surface area contributed by atoms with Crippen LogP contribution in [-0.4, -0.2) is 34.7 Å². The molecule has 1 aliphatic carbocycles. The number of carbonyl (C=O) groups excluding carboxylic acids is 1. The molecule has 0 bridgehead atoms. The molecule has 1 heterocycles. The van der Waals surface area contributed by atoms with E-state index in [4.69, 9.17) is 0 Å². The van der Waals surface area contributed by atoms with Gasteiger partial charge in [0.15, 0.2) is 0 Å². The van der Waals surface area contributed by atoms with Crippen LogP contribution < -0.4 is 10.6 Å². The SMILES string of the molecule is C#C.C#C.CCc1ccc2c(c1)[C@@H](NC[C@@H](O)[C@H](Cc1cc(F)cc(F)c1)NC(=O)c1cccnc1)CCC2. The van der Waals surface area contributed by atoms with Crippen LogP contribution >= 0.6 is 0 Å². The molecule has 39 heavy (non-hydrogen) atoms. The van der Waals surface area contributed by atoms with Crippen molar-refractivity contribution in [1.82, 2.24) is 15.6 Å². The van der Waals surface area contributed by atoms with Crippen molar-refractivity contribution in [3.8, 4) is 25.7 Å². The van der Waals surface area contributed by atoms with Gasteiger partial charge in [-0.05, 0) is 78.6 Å². The zero-order valence-electron chi connectivity index (χ0n) is 22.1. The minimum atomic E-state index is -0.985. The maximum atomic E-state index is 13.8. The van der Waals surface area contributed by atoms with E-state index in [9.17, 15) is 18.7 Å². The van der Waals surface area contributed by atoms with Gasteiger partial charge in [0.25, 0.3) is 5.91 Å². The molecule has 5 nitrogen and oxygen atoms in total. The van der Waals surface area contributed by atoms with Crippen LogP contribution in [0.5, 0.6) is 0 Å². The van der Waals surface area contributed by atoms with Crippen molar-refractivity contribution in [2.24, 2.45) is 0 Å². The fraction of sp³-hybridized carbons (Fsp3) is 0.312. The van der Waals surface area contributed by atoms with Gasteiger partial charge in [-0.2, -0.15) is 0 Å². The van der Waals surface area contributed by atoms with Crippen LogP contribution in [0.15, 0.2) is 60.9 Å². The number of rotatable bonds is 9. The molecule has 1 aliphatic rings.